The minimum atomic E-state index is -0.326. The van der Waals surface area contributed by atoms with Gasteiger partial charge in [-0.25, -0.2) is 0 Å². The first-order valence-electron chi connectivity index (χ1n) is 8.32. The van der Waals surface area contributed by atoms with Gasteiger partial charge in [0.2, 0.25) is 11.8 Å². The van der Waals surface area contributed by atoms with Gasteiger partial charge in [-0.2, -0.15) is 0 Å². The van der Waals surface area contributed by atoms with Gasteiger partial charge in [-0.3, -0.25) is 14.4 Å². The molecule has 0 aliphatic carbocycles. The summed E-state index contributed by atoms with van der Waals surface area (Å²) in [6.45, 7) is 1.41. The van der Waals surface area contributed by atoms with E-state index in [4.69, 9.17) is 4.74 Å². The van der Waals surface area contributed by atoms with Crippen molar-refractivity contribution >= 4 is 34.1 Å². The Balaban J connectivity index is 1.77. The van der Waals surface area contributed by atoms with Crippen molar-refractivity contribution in [1.82, 2.24) is 4.98 Å². The molecule has 1 heterocycles. The Kier molecular flexibility index (Phi) is 5.21. The Bertz CT molecular complexity index is 1070. The van der Waals surface area contributed by atoms with Crippen LogP contribution < -0.4 is 20.9 Å². The number of rotatable bonds is 5. The lowest BCUT2D eigenvalue weighted by Gasteiger charge is -2.08. The summed E-state index contributed by atoms with van der Waals surface area (Å²) in [4.78, 5) is 38.5. The van der Waals surface area contributed by atoms with E-state index >= 15 is 0 Å². The quantitative estimate of drug-likeness (QED) is 0.647. The average Bonchev–Trinajstić information content (AvgIpc) is 2.61. The maximum absolute atomic E-state index is 12.3. The Morgan fingerprint density at radius 3 is 2.48 bits per heavy atom. The molecular formula is C20H19N3O4. The van der Waals surface area contributed by atoms with Crippen LogP contribution in [0.2, 0.25) is 0 Å². The first kappa shape index (κ1) is 18.2. The Morgan fingerprint density at radius 2 is 1.78 bits per heavy atom. The maximum atomic E-state index is 12.3. The molecule has 0 fully saturated rings. The minimum absolute atomic E-state index is 0.0678. The molecule has 1 aromatic heterocycles. The van der Waals surface area contributed by atoms with Crippen LogP contribution in [-0.2, 0) is 16.0 Å². The molecule has 3 aromatic rings. The van der Waals surface area contributed by atoms with Crippen molar-refractivity contribution in [3.63, 3.8) is 0 Å². The second-order valence-corrected chi connectivity index (χ2v) is 6.06. The highest BCUT2D eigenvalue weighted by atomic mass is 16.5. The molecule has 0 bridgehead atoms. The van der Waals surface area contributed by atoms with E-state index in [1.54, 1.807) is 49.6 Å². The Hall–Kier alpha value is -3.61. The molecule has 3 rings (SSSR count). The van der Waals surface area contributed by atoms with Gasteiger partial charge >= 0.3 is 0 Å². The van der Waals surface area contributed by atoms with Crippen LogP contribution in [0, 0.1) is 0 Å². The summed E-state index contributed by atoms with van der Waals surface area (Å²) in [5.74, 6) is 0.119. The molecule has 3 N–H and O–H groups in total. The third kappa shape index (κ3) is 4.52. The molecule has 0 atom stereocenters. The van der Waals surface area contributed by atoms with Crippen LogP contribution in [0.5, 0.6) is 5.75 Å². The van der Waals surface area contributed by atoms with Crippen molar-refractivity contribution in [2.24, 2.45) is 0 Å². The van der Waals surface area contributed by atoms with Gasteiger partial charge in [0.05, 0.1) is 19.0 Å². The maximum Gasteiger partial charge on any atom is 0.252 e. The van der Waals surface area contributed by atoms with Crippen molar-refractivity contribution < 1.29 is 14.3 Å². The van der Waals surface area contributed by atoms with Gasteiger partial charge in [-0.15, -0.1) is 0 Å². The van der Waals surface area contributed by atoms with Gasteiger partial charge < -0.3 is 20.4 Å². The molecule has 0 saturated carbocycles. The number of nitrogens with one attached hydrogen (secondary N) is 3. The fourth-order valence-electron chi connectivity index (χ4n) is 2.74. The van der Waals surface area contributed by atoms with Gasteiger partial charge in [0, 0.05) is 29.9 Å². The zero-order valence-corrected chi connectivity index (χ0v) is 15.0. The van der Waals surface area contributed by atoms with Crippen LogP contribution in [0.4, 0.5) is 11.4 Å². The largest absolute Gasteiger partial charge is 0.497 e. The highest BCUT2D eigenvalue weighted by molar-refractivity contribution is 5.94. The van der Waals surface area contributed by atoms with Crippen LogP contribution in [0.25, 0.3) is 10.9 Å². The number of carbonyl (C=O) groups is 2. The number of hydrogen-bond acceptors (Lipinski definition) is 4. The number of amides is 2. The van der Waals surface area contributed by atoms with Crippen molar-refractivity contribution in [2.45, 2.75) is 13.3 Å². The number of aromatic nitrogens is 1. The van der Waals surface area contributed by atoms with Crippen molar-refractivity contribution in [1.29, 1.82) is 0 Å². The lowest BCUT2D eigenvalue weighted by atomic mass is 10.1. The number of ether oxygens (including phenoxy) is 1. The molecule has 0 unspecified atom stereocenters. The number of H-pyrrole nitrogens is 1. The van der Waals surface area contributed by atoms with Crippen molar-refractivity contribution in [3.8, 4) is 5.75 Å². The molecule has 0 radical (unpaired) electrons. The number of pyridine rings is 1. The normalized spacial score (nSPS) is 10.4. The molecule has 138 valence electrons. The Morgan fingerprint density at radius 1 is 1.04 bits per heavy atom. The van der Waals surface area contributed by atoms with Crippen LogP contribution in [0.15, 0.2) is 53.3 Å². The highest BCUT2D eigenvalue weighted by Gasteiger charge is 2.10. The third-order valence-corrected chi connectivity index (χ3v) is 3.95. The van der Waals surface area contributed by atoms with Gasteiger partial charge in [0.1, 0.15) is 5.75 Å². The number of aromatic amines is 1. The van der Waals surface area contributed by atoms with E-state index in [-0.39, 0.29) is 23.8 Å². The van der Waals surface area contributed by atoms with E-state index in [1.807, 2.05) is 6.07 Å². The number of hydrogen-bond donors (Lipinski definition) is 3. The summed E-state index contributed by atoms with van der Waals surface area (Å²) >= 11 is 0. The molecule has 0 aliphatic heterocycles. The van der Waals surface area contributed by atoms with Crippen LogP contribution in [0.3, 0.4) is 0 Å². The topological polar surface area (TPSA) is 100 Å². The van der Waals surface area contributed by atoms with E-state index in [9.17, 15) is 14.4 Å². The molecule has 27 heavy (non-hydrogen) atoms. The third-order valence-electron chi connectivity index (χ3n) is 3.95. The monoisotopic (exact) mass is 365 g/mol. The van der Waals surface area contributed by atoms with Crippen molar-refractivity contribution in [3.05, 3.63) is 64.4 Å². The fraction of sp³-hybridized carbons (Fsp3) is 0.150. The van der Waals surface area contributed by atoms with E-state index in [0.29, 0.717) is 28.2 Å². The molecule has 0 spiro atoms. The van der Waals surface area contributed by atoms with E-state index in [1.165, 1.54) is 6.92 Å². The summed E-state index contributed by atoms with van der Waals surface area (Å²) in [6, 6.07) is 13.8. The minimum Gasteiger partial charge on any atom is -0.497 e. The standard InChI is InChI=1S/C20H19N3O4/c1-12(24)21-15-4-3-5-16(10-15)22-19(25)9-14-8-13-6-7-17(27-2)11-18(13)23-20(14)26/h3-8,10-11H,9H2,1-2H3,(H,21,24)(H,22,25)(H,23,26). The van der Waals surface area contributed by atoms with Crippen LogP contribution in [-0.4, -0.2) is 23.9 Å². The molecule has 7 nitrogen and oxygen atoms in total. The van der Waals surface area contributed by atoms with Gasteiger partial charge in [0.15, 0.2) is 0 Å². The summed E-state index contributed by atoms with van der Waals surface area (Å²) < 4.78 is 5.14. The molecule has 7 heteroatoms. The summed E-state index contributed by atoms with van der Waals surface area (Å²) in [7, 11) is 1.55. The highest BCUT2D eigenvalue weighted by Crippen LogP contribution is 2.19. The predicted molar refractivity (Wildman–Crippen MR) is 104 cm³/mol. The predicted octanol–water partition coefficient (Wildman–Crippen LogP) is 2.68. The Labute approximate surface area is 155 Å². The van der Waals surface area contributed by atoms with Gasteiger partial charge in [0.25, 0.3) is 5.56 Å². The second-order valence-electron chi connectivity index (χ2n) is 6.06. The van der Waals surface area contributed by atoms with E-state index < -0.39 is 0 Å². The van der Waals surface area contributed by atoms with E-state index in [2.05, 4.69) is 15.6 Å². The fourth-order valence-corrected chi connectivity index (χ4v) is 2.74. The summed E-state index contributed by atoms with van der Waals surface area (Å²) in [5, 5.41) is 6.20. The molecule has 2 aromatic carbocycles. The number of methoxy groups -OCH3 is 1. The zero-order chi connectivity index (χ0) is 19.4. The number of benzene rings is 2. The number of anilines is 2. The molecule has 0 aliphatic rings. The first-order chi connectivity index (χ1) is 12.9. The molecule has 0 saturated heterocycles. The van der Waals surface area contributed by atoms with Crippen LogP contribution >= 0.6 is 0 Å². The molecule has 2 amide bonds. The van der Waals surface area contributed by atoms with Gasteiger partial charge in [-0.05, 0) is 41.8 Å². The lowest BCUT2D eigenvalue weighted by molar-refractivity contribution is -0.116. The lowest BCUT2D eigenvalue weighted by Crippen LogP contribution is -2.21. The summed E-state index contributed by atoms with van der Waals surface area (Å²) in [5.41, 5.74) is 1.80. The van der Waals surface area contributed by atoms with Crippen molar-refractivity contribution in [2.75, 3.05) is 17.7 Å². The SMILES string of the molecule is COc1ccc2cc(CC(=O)Nc3cccc(NC(C)=O)c3)c(=O)[nH]c2c1. The first-order valence-corrected chi connectivity index (χ1v) is 8.32. The van der Waals surface area contributed by atoms with Crippen LogP contribution in [0.1, 0.15) is 12.5 Å². The van der Waals surface area contributed by atoms with E-state index in [0.717, 1.165) is 5.39 Å². The second kappa shape index (κ2) is 7.74. The number of carbonyl (C=O) groups excluding carboxylic acids is 2. The zero-order valence-electron chi connectivity index (χ0n) is 15.0. The average molecular weight is 365 g/mol. The molecular weight excluding hydrogens is 346 g/mol. The van der Waals surface area contributed by atoms with Gasteiger partial charge in [-0.1, -0.05) is 6.07 Å². The summed E-state index contributed by atoms with van der Waals surface area (Å²) in [6.07, 6.45) is -0.0678. The smallest absolute Gasteiger partial charge is 0.252 e. The number of fused-ring (bicyclic) bond motifs is 1.